The fourth-order valence-corrected chi connectivity index (χ4v) is 2.58. The SMILES string of the molecule is CNc1ncc(F)cc1C(=O)NCC1CCCN(C)C1. The van der Waals surface area contributed by atoms with Gasteiger partial charge in [0.15, 0.2) is 0 Å². The van der Waals surface area contributed by atoms with Crippen molar-refractivity contribution in [1.29, 1.82) is 0 Å². The van der Waals surface area contributed by atoms with Gasteiger partial charge in [0.25, 0.3) is 5.91 Å². The third kappa shape index (κ3) is 3.66. The van der Waals surface area contributed by atoms with Gasteiger partial charge in [-0.3, -0.25) is 4.79 Å². The molecule has 0 spiro atoms. The summed E-state index contributed by atoms with van der Waals surface area (Å²) in [6, 6.07) is 1.21. The fraction of sp³-hybridized carbons (Fsp3) is 0.571. The maximum atomic E-state index is 13.2. The molecule has 0 saturated carbocycles. The second-order valence-corrected chi connectivity index (χ2v) is 5.28. The second-order valence-electron chi connectivity index (χ2n) is 5.28. The summed E-state index contributed by atoms with van der Waals surface area (Å²) in [5.74, 6) is 0.0584. The first-order valence-electron chi connectivity index (χ1n) is 6.90. The number of carbonyl (C=O) groups is 1. The monoisotopic (exact) mass is 280 g/mol. The molecular weight excluding hydrogens is 259 g/mol. The Morgan fingerprint density at radius 3 is 3.10 bits per heavy atom. The van der Waals surface area contributed by atoms with Gasteiger partial charge >= 0.3 is 0 Å². The van der Waals surface area contributed by atoms with E-state index < -0.39 is 5.82 Å². The molecule has 6 heteroatoms. The topological polar surface area (TPSA) is 57.3 Å². The van der Waals surface area contributed by atoms with Crippen molar-refractivity contribution >= 4 is 11.7 Å². The number of nitrogens with one attached hydrogen (secondary N) is 2. The third-order valence-electron chi connectivity index (χ3n) is 3.61. The van der Waals surface area contributed by atoms with Crippen LogP contribution >= 0.6 is 0 Å². The molecule has 1 amide bonds. The van der Waals surface area contributed by atoms with E-state index in [0.29, 0.717) is 18.3 Å². The zero-order valence-corrected chi connectivity index (χ0v) is 11.9. The van der Waals surface area contributed by atoms with Crippen LogP contribution in [-0.4, -0.2) is 49.5 Å². The summed E-state index contributed by atoms with van der Waals surface area (Å²) in [5.41, 5.74) is 0.247. The van der Waals surface area contributed by atoms with Gasteiger partial charge in [0.05, 0.1) is 11.8 Å². The summed E-state index contributed by atoms with van der Waals surface area (Å²) < 4.78 is 13.2. The lowest BCUT2D eigenvalue weighted by molar-refractivity contribution is 0.0937. The molecule has 1 aliphatic rings. The molecule has 1 saturated heterocycles. The number of aromatic nitrogens is 1. The summed E-state index contributed by atoms with van der Waals surface area (Å²) in [6.07, 6.45) is 3.37. The minimum absolute atomic E-state index is 0.247. The number of pyridine rings is 1. The number of piperidine rings is 1. The van der Waals surface area contributed by atoms with Crippen LogP contribution in [0.2, 0.25) is 0 Å². The van der Waals surface area contributed by atoms with Crippen LogP contribution < -0.4 is 10.6 Å². The highest BCUT2D eigenvalue weighted by atomic mass is 19.1. The lowest BCUT2D eigenvalue weighted by Gasteiger charge is -2.29. The van der Waals surface area contributed by atoms with Crippen LogP contribution in [0.25, 0.3) is 0 Å². The van der Waals surface area contributed by atoms with E-state index in [1.807, 2.05) is 0 Å². The number of nitrogens with zero attached hydrogens (tertiary/aromatic N) is 2. The molecule has 0 aliphatic carbocycles. The molecule has 2 heterocycles. The van der Waals surface area contributed by atoms with Gasteiger partial charge in [0.1, 0.15) is 11.6 Å². The molecule has 5 nitrogen and oxygen atoms in total. The third-order valence-corrected chi connectivity index (χ3v) is 3.61. The lowest BCUT2D eigenvalue weighted by atomic mass is 9.98. The summed E-state index contributed by atoms with van der Waals surface area (Å²) in [7, 11) is 3.75. The van der Waals surface area contributed by atoms with Crippen LogP contribution in [0.15, 0.2) is 12.3 Å². The van der Waals surface area contributed by atoms with Crippen LogP contribution in [0.5, 0.6) is 0 Å². The van der Waals surface area contributed by atoms with Crippen molar-refractivity contribution in [3.8, 4) is 0 Å². The van der Waals surface area contributed by atoms with Crippen molar-refractivity contribution in [3.05, 3.63) is 23.6 Å². The quantitative estimate of drug-likeness (QED) is 0.874. The van der Waals surface area contributed by atoms with Crippen LogP contribution in [0, 0.1) is 11.7 Å². The van der Waals surface area contributed by atoms with Gasteiger partial charge in [-0.25, -0.2) is 9.37 Å². The largest absolute Gasteiger partial charge is 0.372 e. The molecule has 1 aromatic rings. The van der Waals surface area contributed by atoms with Crippen molar-refractivity contribution in [2.45, 2.75) is 12.8 Å². The van der Waals surface area contributed by atoms with Crippen molar-refractivity contribution in [1.82, 2.24) is 15.2 Å². The number of hydrogen-bond donors (Lipinski definition) is 2. The Labute approximate surface area is 118 Å². The van der Waals surface area contributed by atoms with Crippen molar-refractivity contribution in [2.75, 3.05) is 39.0 Å². The molecule has 1 aliphatic heterocycles. The van der Waals surface area contributed by atoms with Gasteiger partial charge in [-0.1, -0.05) is 0 Å². The molecule has 2 rings (SSSR count). The molecule has 0 bridgehead atoms. The standard InChI is InChI=1S/C14H21FN4O/c1-16-13-12(6-11(15)8-17-13)14(20)18-7-10-4-3-5-19(2)9-10/h6,8,10H,3-5,7,9H2,1-2H3,(H,16,17)(H,18,20). The zero-order chi connectivity index (χ0) is 14.5. The number of amides is 1. The maximum absolute atomic E-state index is 13.2. The molecule has 0 aromatic carbocycles. The highest BCUT2D eigenvalue weighted by molar-refractivity contribution is 5.98. The number of likely N-dealkylation sites (tertiary alicyclic amines) is 1. The van der Waals surface area contributed by atoms with Gasteiger partial charge in [0.2, 0.25) is 0 Å². The highest BCUT2D eigenvalue weighted by Crippen LogP contribution is 2.16. The van der Waals surface area contributed by atoms with Gasteiger partial charge in [-0.05, 0) is 38.4 Å². The highest BCUT2D eigenvalue weighted by Gasteiger charge is 2.19. The number of rotatable bonds is 4. The van der Waals surface area contributed by atoms with Crippen molar-refractivity contribution < 1.29 is 9.18 Å². The van der Waals surface area contributed by atoms with E-state index in [1.165, 1.54) is 6.07 Å². The van der Waals surface area contributed by atoms with Crippen LogP contribution in [0.3, 0.4) is 0 Å². The molecule has 20 heavy (non-hydrogen) atoms. The minimum atomic E-state index is -0.508. The smallest absolute Gasteiger partial charge is 0.255 e. The first kappa shape index (κ1) is 14.7. The van der Waals surface area contributed by atoms with Crippen LogP contribution in [-0.2, 0) is 0 Å². The molecule has 1 fully saturated rings. The van der Waals surface area contributed by atoms with Gasteiger partial charge in [0, 0.05) is 20.1 Å². The summed E-state index contributed by atoms with van der Waals surface area (Å²) in [4.78, 5) is 18.3. The van der Waals surface area contributed by atoms with E-state index in [1.54, 1.807) is 7.05 Å². The number of carbonyl (C=O) groups excluding carboxylic acids is 1. The van der Waals surface area contributed by atoms with Crippen LogP contribution in [0.4, 0.5) is 10.2 Å². The molecule has 0 radical (unpaired) electrons. The average Bonchev–Trinajstić information content (AvgIpc) is 2.45. The van der Waals surface area contributed by atoms with E-state index in [-0.39, 0.29) is 11.5 Å². The van der Waals surface area contributed by atoms with E-state index in [2.05, 4.69) is 27.6 Å². The predicted octanol–water partition coefficient (Wildman–Crippen LogP) is 1.33. The van der Waals surface area contributed by atoms with Crippen molar-refractivity contribution in [3.63, 3.8) is 0 Å². The van der Waals surface area contributed by atoms with Gasteiger partial charge in [-0.2, -0.15) is 0 Å². The van der Waals surface area contributed by atoms with E-state index in [0.717, 1.165) is 32.1 Å². The molecule has 1 atom stereocenters. The Hall–Kier alpha value is -1.69. The minimum Gasteiger partial charge on any atom is -0.372 e. The summed E-state index contributed by atoms with van der Waals surface area (Å²) >= 11 is 0. The number of anilines is 1. The zero-order valence-electron chi connectivity index (χ0n) is 11.9. The molecule has 1 unspecified atom stereocenters. The van der Waals surface area contributed by atoms with Gasteiger partial charge < -0.3 is 15.5 Å². The number of halogens is 1. The summed E-state index contributed by atoms with van der Waals surface area (Å²) in [6.45, 7) is 2.71. The first-order valence-corrected chi connectivity index (χ1v) is 6.90. The first-order chi connectivity index (χ1) is 9.60. The molecule has 2 N–H and O–H groups in total. The van der Waals surface area contributed by atoms with E-state index in [9.17, 15) is 9.18 Å². The van der Waals surface area contributed by atoms with E-state index >= 15 is 0 Å². The van der Waals surface area contributed by atoms with Crippen molar-refractivity contribution in [2.24, 2.45) is 5.92 Å². The Kier molecular flexibility index (Phi) is 4.89. The molecular formula is C14H21FN4O. The molecule has 110 valence electrons. The maximum Gasteiger partial charge on any atom is 0.255 e. The Bertz CT molecular complexity index is 480. The molecule has 1 aromatic heterocycles. The normalized spacial score (nSPS) is 19.6. The van der Waals surface area contributed by atoms with E-state index in [4.69, 9.17) is 0 Å². The fourth-order valence-electron chi connectivity index (χ4n) is 2.58. The van der Waals surface area contributed by atoms with Crippen LogP contribution in [0.1, 0.15) is 23.2 Å². The summed E-state index contributed by atoms with van der Waals surface area (Å²) in [5, 5.41) is 5.68. The second kappa shape index (κ2) is 6.65. The van der Waals surface area contributed by atoms with Gasteiger partial charge in [-0.15, -0.1) is 0 Å². The lowest BCUT2D eigenvalue weighted by Crippen LogP contribution is -2.39. The predicted molar refractivity (Wildman–Crippen MR) is 76.3 cm³/mol. The Morgan fingerprint density at radius 1 is 1.60 bits per heavy atom. The average molecular weight is 280 g/mol. The number of hydrogen-bond acceptors (Lipinski definition) is 4. The Morgan fingerprint density at radius 2 is 2.40 bits per heavy atom. The Balaban J connectivity index is 1.96.